The molecule has 0 unspecified atom stereocenters. The van der Waals surface area contributed by atoms with Gasteiger partial charge in [0.2, 0.25) is 0 Å². The van der Waals surface area contributed by atoms with Crippen molar-refractivity contribution in [3.63, 3.8) is 0 Å². The molecule has 138 valence electrons. The maximum Gasteiger partial charge on any atom is 0.270 e. The number of hydrogen-bond acceptors (Lipinski definition) is 3. The highest BCUT2D eigenvalue weighted by Gasteiger charge is 2.54. The molecule has 6 heteroatoms. The lowest BCUT2D eigenvalue weighted by atomic mass is 9.87. The highest BCUT2D eigenvalue weighted by Crippen LogP contribution is 2.43. The number of hydrogen-bond donors (Lipinski definition) is 0. The van der Waals surface area contributed by atoms with E-state index in [2.05, 4.69) is 0 Å². The van der Waals surface area contributed by atoms with Crippen molar-refractivity contribution in [2.45, 2.75) is 24.0 Å². The minimum absolute atomic E-state index is 0.0192. The zero-order chi connectivity index (χ0) is 18.3. The average Bonchev–Trinajstić information content (AvgIpc) is 3.34. The van der Waals surface area contributed by atoms with Gasteiger partial charge in [-0.05, 0) is 36.2 Å². The van der Waals surface area contributed by atoms with Crippen LogP contribution in [0.25, 0.3) is 0 Å². The molecule has 4 rings (SSSR count). The molecule has 2 aromatic rings. The number of halogens is 1. The first-order valence-electron chi connectivity index (χ1n) is 8.85. The maximum absolute atomic E-state index is 13.6. The summed E-state index contributed by atoms with van der Waals surface area (Å²) in [6.07, 6.45) is 2.38. The number of carbonyl (C=O) groups excluding carboxylic acids is 1. The van der Waals surface area contributed by atoms with Gasteiger partial charge in [-0.2, -0.15) is 0 Å². The number of ether oxygens (including phenoxy) is 2. The zero-order valence-electron chi connectivity index (χ0n) is 15.0. The average molecular weight is 358 g/mol. The van der Waals surface area contributed by atoms with Crippen LogP contribution in [0.5, 0.6) is 0 Å². The van der Waals surface area contributed by atoms with Crippen molar-refractivity contribution in [2.75, 3.05) is 26.8 Å². The number of aromatic nitrogens is 1. The van der Waals surface area contributed by atoms with Crippen LogP contribution in [0.1, 0.15) is 28.4 Å². The maximum atomic E-state index is 13.6. The van der Waals surface area contributed by atoms with Crippen LogP contribution < -0.4 is 0 Å². The third-order valence-electron chi connectivity index (χ3n) is 5.65. The lowest BCUT2D eigenvalue weighted by Gasteiger charge is -2.28. The minimum Gasteiger partial charge on any atom is -0.377 e. The van der Waals surface area contributed by atoms with Crippen molar-refractivity contribution in [3.05, 3.63) is 59.7 Å². The third-order valence-corrected chi connectivity index (χ3v) is 5.65. The molecule has 0 aliphatic carbocycles. The summed E-state index contributed by atoms with van der Waals surface area (Å²) in [6, 6.07) is 10.3. The molecule has 1 aromatic carbocycles. The van der Waals surface area contributed by atoms with Gasteiger partial charge in [0.1, 0.15) is 23.2 Å². The van der Waals surface area contributed by atoms with Crippen LogP contribution in [0.15, 0.2) is 42.6 Å². The third kappa shape index (κ3) is 2.83. The molecule has 3 heterocycles. The largest absolute Gasteiger partial charge is 0.377 e. The van der Waals surface area contributed by atoms with E-state index < -0.39 is 5.60 Å². The summed E-state index contributed by atoms with van der Waals surface area (Å²) in [6.45, 7) is 1.49. The highest BCUT2D eigenvalue weighted by molar-refractivity contribution is 5.93. The number of rotatable bonds is 3. The molecule has 1 spiro atoms. The summed E-state index contributed by atoms with van der Waals surface area (Å²) in [4.78, 5) is 14.7. The Hall–Kier alpha value is -2.18. The molecular formula is C20H23FN2O3. The molecule has 2 saturated heterocycles. The number of likely N-dealkylation sites (tertiary alicyclic amines) is 1. The van der Waals surface area contributed by atoms with Gasteiger partial charge in [-0.15, -0.1) is 0 Å². The molecule has 2 aliphatic heterocycles. The van der Waals surface area contributed by atoms with Crippen LogP contribution in [-0.2, 0) is 16.5 Å². The Balaban J connectivity index is 1.55. The number of carbonyl (C=O) groups is 1. The van der Waals surface area contributed by atoms with Gasteiger partial charge in [0, 0.05) is 26.3 Å². The van der Waals surface area contributed by atoms with Gasteiger partial charge in [-0.1, -0.05) is 12.1 Å². The lowest BCUT2D eigenvalue weighted by molar-refractivity contribution is -0.0755. The van der Waals surface area contributed by atoms with E-state index in [1.165, 1.54) is 6.07 Å². The van der Waals surface area contributed by atoms with E-state index >= 15 is 0 Å². The molecular weight excluding hydrogens is 335 g/mol. The zero-order valence-corrected chi connectivity index (χ0v) is 15.0. The normalized spacial score (nSPS) is 28.2. The van der Waals surface area contributed by atoms with E-state index in [-0.39, 0.29) is 23.7 Å². The molecule has 1 amide bonds. The van der Waals surface area contributed by atoms with Gasteiger partial charge in [-0.3, -0.25) is 4.79 Å². The van der Waals surface area contributed by atoms with Crippen LogP contribution in [-0.4, -0.2) is 53.9 Å². The summed E-state index contributed by atoms with van der Waals surface area (Å²) in [5, 5.41) is 0. The molecule has 26 heavy (non-hydrogen) atoms. The van der Waals surface area contributed by atoms with E-state index in [9.17, 15) is 9.18 Å². The van der Waals surface area contributed by atoms with E-state index in [4.69, 9.17) is 9.47 Å². The second kappa shape index (κ2) is 6.52. The monoisotopic (exact) mass is 358 g/mol. The summed E-state index contributed by atoms with van der Waals surface area (Å²) < 4.78 is 27.3. The molecule has 0 radical (unpaired) electrons. The highest BCUT2D eigenvalue weighted by atomic mass is 19.1. The first-order valence-corrected chi connectivity index (χ1v) is 8.85. The second-order valence-electron chi connectivity index (χ2n) is 7.25. The van der Waals surface area contributed by atoms with Crippen molar-refractivity contribution in [3.8, 4) is 0 Å². The molecule has 0 bridgehead atoms. The number of methoxy groups -OCH3 is 1. The van der Waals surface area contributed by atoms with Gasteiger partial charge in [0.25, 0.3) is 5.91 Å². The summed E-state index contributed by atoms with van der Waals surface area (Å²) in [5.41, 5.74) is 1.05. The van der Waals surface area contributed by atoms with E-state index in [1.807, 2.05) is 36.0 Å². The molecule has 1 aromatic heterocycles. The Labute approximate surface area is 152 Å². The fraction of sp³-hybridized carbons (Fsp3) is 0.450. The topological polar surface area (TPSA) is 43.7 Å². The van der Waals surface area contributed by atoms with Crippen LogP contribution in [0, 0.1) is 5.82 Å². The summed E-state index contributed by atoms with van der Waals surface area (Å²) in [5.74, 6) is -0.152. The Morgan fingerprint density at radius 1 is 1.35 bits per heavy atom. The van der Waals surface area contributed by atoms with Gasteiger partial charge in [-0.25, -0.2) is 4.39 Å². The Bertz CT molecular complexity index is 821. The van der Waals surface area contributed by atoms with Crippen molar-refractivity contribution in [1.82, 2.24) is 9.47 Å². The molecule has 2 aliphatic rings. The summed E-state index contributed by atoms with van der Waals surface area (Å²) >= 11 is 0. The molecule has 0 saturated carbocycles. The van der Waals surface area contributed by atoms with Crippen LogP contribution in [0.3, 0.4) is 0 Å². The van der Waals surface area contributed by atoms with E-state index in [1.54, 1.807) is 24.1 Å². The summed E-state index contributed by atoms with van der Waals surface area (Å²) in [7, 11) is 3.51. The quantitative estimate of drug-likeness (QED) is 0.847. The fourth-order valence-electron chi connectivity index (χ4n) is 4.26. The Morgan fingerprint density at radius 2 is 2.19 bits per heavy atom. The number of aryl methyl sites for hydroxylation is 1. The first-order chi connectivity index (χ1) is 12.5. The number of benzene rings is 1. The van der Waals surface area contributed by atoms with Crippen molar-refractivity contribution in [2.24, 2.45) is 7.05 Å². The van der Waals surface area contributed by atoms with Gasteiger partial charge >= 0.3 is 0 Å². The number of nitrogens with zero attached hydrogens (tertiary/aromatic N) is 2. The Kier molecular flexibility index (Phi) is 4.32. The van der Waals surface area contributed by atoms with Crippen molar-refractivity contribution < 1.29 is 18.7 Å². The standard InChI is InChI=1S/C20H23FN2O3/c1-22-8-4-7-17(22)19(24)23-11-18(25-2)20(13-23)10-15(12-26-20)14-5-3-6-16(21)9-14/h3-9,15,18H,10-13H2,1-2H3/t15-,18-,20-/m1/s1. The van der Waals surface area contributed by atoms with Gasteiger partial charge in [0.05, 0.1) is 19.7 Å². The predicted octanol–water partition coefficient (Wildman–Crippen LogP) is 2.58. The van der Waals surface area contributed by atoms with Gasteiger partial charge in [0.15, 0.2) is 0 Å². The van der Waals surface area contributed by atoms with Crippen molar-refractivity contribution >= 4 is 5.91 Å². The Morgan fingerprint density at radius 3 is 2.88 bits per heavy atom. The molecule has 0 N–H and O–H groups in total. The van der Waals surface area contributed by atoms with E-state index in [0.717, 1.165) is 5.56 Å². The SMILES string of the molecule is CO[C@@H]1CN(C(=O)c2cccn2C)C[C@]12C[C@@H](c1cccc(F)c1)CO2. The molecule has 5 nitrogen and oxygen atoms in total. The minimum atomic E-state index is -0.535. The predicted molar refractivity (Wildman–Crippen MR) is 94.6 cm³/mol. The number of amides is 1. The van der Waals surface area contributed by atoms with E-state index in [0.29, 0.717) is 31.8 Å². The fourth-order valence-corrected chi connectivity index (χ4v) is 4.26. The van der Waals surface area contributed by atoms with Crippen LogP contribution in [0.4, 0.5) is 4.39 Å². The van der Waals surface area contributed by atoms with Gasteiger partial charge < -0.3 is 18.9 Å². The van der Waals surface area contributed by atoms with Crippen molar-refractivity contribution in [1.29, 1.82) is 0 Å². The first kappa shape index (κ1) is 17.2. The smallest absolute Gasteiger partial charge is 0.270 e. The molecule has 2 fully saturated rings. The second-order valence-corrected chi connectivity index (χ2v) is 7.25. The lowest BCUT2D eigenvalue weighted by Crippen LogP contribution is -2.42. The van der Waals surface area contributed by atoms with Crippen LogP contribution in [0.2, 0.25) is 0 Å². The van der Waals surface area contributed by atoms with Crippen LogP contribution >= 0.6 is 0 Å². The molecule has 3 atom stereocenters.